The molecule has 4 nitrogen and oxygen atoms in total. The lowest BCUT2D eigenvalue weighted by atomic mass is 9.51. The molecule has 0 radical (unpaired) electrons. The number of fused-ring (bicyclic) bond motifs is 5. The van der Waals surface area contributed by atoms with Gasteiger partial charge in [0.25, 0.3) is 0 Å². The molecule has 3 saturated carbocycles. The molecule has 4 aliphatic rings. The summed E-state index contributed by atoms with van der Waals surface area (Å²) in [6, 6.07) is 1.98. The van der Waals surface area contributed by atoms with Crippen LogP contribution in [0.1, 0.15) is 70.9 Å². The molecular formula is C25H36N2O2. The van der Waals surface area contributed by atoms with Gasteiger partial charge in [-0.2, -0.15) is 5.10 Å². The molecule has 0 aromatic carbocycles. The van der Waals surface area contributed by atoms with Gasteiger partial charge in [-0.1, -0.05) is 18.6 Å². The SMILES string of the molecule is Cc1ccn(CC(=O)[C@H]2CC[C@H]3[C@@H]4CC=C5C[C@](C)(O)CC[C@@H]5[C@H]4CC[C@]23C)n1. The summed E-state index contributed by atoms with van der Waals surface area (Å²) in [6.07, 6.45) is 13.2. The van der Waals surface area contributed by atoms with E-state index in [1.54, 1.807) is 0 Å². The van der Waals surface area contributed by atoms with E-state index < -0.39 is 5.60 Å². The minimum Gasteiger partial charge on any atom is -0.390 e. The van der Waals surface area contributed by atoms with Crippen molar-refractivity contribution in [3.8, 4) is 0 Å². The molecule has 4 heteroatoms. The number of aryl methyl sites for hydroxylation is 1. The first kappa shape index (κ1) is 19.5. The first-order valence-electron chi connectivity index (χ1n) is 11.7. The highest BCUT2D eigenvalue weighted by Gasteiger charge is 2.57. The minimum atomic E-state index is -0.506. The maximum absolute atomic E-state index is 13.2. The van der Waals surface area contributed by atoms with Crippen LogP contribution >= 0.6 is 0 Å². The first-order chi connectivity index (χ1) is 13.8. The number of carbonyl (C=O) groups is 1. The fourth-order valence-electron chi connectivity index (χ4n) is 7.82. The highest BCUT2D eigenvalue weighted by molar-refractivity contribution is 5.82. The molecule has 1 aromatic rings. The molecular weight excluding hydrogens is 360 g/mol. The van der Waals surface area contributed by atoms with E-state index in [9.17, 15) is 9.90 Å². The maximum atomic E-state index is 13.2. The van der Waals surface area contributed by atoms with Gasteiger partial charge in [-0.15, -0.1) is 0 Å². The molecule has 0 amide bonds. The molecule has 0 spiro atoms. The zero-order valence-corrected chi connectivity index (χ0v) is 18.2. The summed E-state index contributed by atoms with van der Waals surface area (Å²) in [4.78, 5) is 13.2. The van der Waals surface area contributed by atoms with Crippen molar-refractivity contribution in [1.82, 2.24) is 9.78 Å². The van der Waals surface area contributed by atoms with Crippen molar-refractivity contribution < 1.29 is 9.90 Å². The van der Waals surface area contributed by atoms with Crippen LogP contribution in [-0.4, -0.2) is 26.3 Å². The molecule has 29 heavy (non-hydrogen) atoms. The predicted octanol–water partition coefficient (Wildman–Crippen LogP) is 4.70. The summed E-state index contributed by atoms with van der Waals surface area (Å²) in [6.45, 7) is 6.83. The van der Waals surface area contributed by atoms with Gasteiger partial charge in [0.05, 0.1) is 17.8 Å². The molecule has 158 valence electrons. The number of nitrogens with zero attached hydrogens (tertiary/aromatic N) is 2. The third kappa shape index (κ3) is 3.22. The lowest BCUT2D eigenvalue weighted by Crippen LogP contribution is -2.48. The van der Waals surface area contributed by atoms with Gasteiger partial charge >= 0.3 is 0 Å². The lowest BCUT2D eigenvalue weighted by molar-refractivity contribution is -0.129. The number of aromatic nitrogens is 2. The summed E-state index contributed by atoms with van der Waals surface area (Å²) in [5.74, 6) is 3.44. The average Bonchev–Trinajstić information content (AvgIpc) is 3.22. The summed E-state index contributed by atoms with van der Waals surface area (Å²) >= 11 is 0. The van der Waals surface area contributed by atoms with Crippen molar-refractivity contribution in [2.24, 2.45) is 35.0 Å². The standard InChI is InChI=1S/C25H36N2O2/c1-16-10-13-27(26-16)15-23(28)22-7-6-21-20-5-4-17-14-24(2,29)11-8-18(17)19(20)9-12-25(21,22)3/h4,10,13,18-22,29H,5-9,11-12,14-15H2,1-3H3/t18-,19+,20+,21-,22+,24+,25-/m0/s1. The molecule has 0 bridgehead atoms. The Labute approximate surface area is 174 Å². The average molecular weight is 397 g/mol. The molecule has 0 saturated heterocycles. The van der Waals surface area contributed by atoms with Gasteiger partial charge in [0.15, 0.2) is 5.78 Å². The molecule has 3 fully saturated rings. The van der Waals surface area contributed by atoms with E-state index in [1.165, 1.54) is 24.8 Å². The van der Waals surface area contributed by atoms with Crippen LogP contribution in [0.4, 0.5) is 0 Å². The van der Waals surface area contributed by atoms with Crippen LogP contribution in [0.2, 0.25) is 0 Å². The number of carbonyl (C=O) groups excluding carboxylic acids is 1. The van der Waals surface area contributed by atoms with E-state index in [-0.39, 0.29) is 11.3 Å². The van der Waals surface area contributed by atoms with Crippen molar-refractivity contribution in [2.45, 2.75) is 84.3 Å². The third-order valence-corrected chi connectivity index (χ3v) is 9.20. The Hall–Kier alpha value is -1.42. The molecule has 7 atom stereocenters. The second-order valence-corrected chi connectivity index (χ2v) is 11.1. The Morgan fingerprint density at radius 1 is 1.21 bits per heavy atom. The first-order valence-corrected chi connectivity index (χ1v) is 11.7. The minimum absolute atomic E-state index is 0.159. The van der Waals surface area contributed by atoms with E-state index in [0.29, 0.717) is 24.2 Å². The summed E-state index contributed by atoms with van der Waals surface area (Å²) in [5.41, 5.74) is 2.16. The second-order valence-electron chi connectivity index (χ2n) is 11.1. The van der Waals surface area contributed by atoms with Crippen LogP contribution in [0, 0.1) is 41.9 Å². The van der Waals surface area contributed by atoms with E-state index in [4.69, 9.17) is 0 Å². The van der Waals surface area contributed by atoms with Gasteiger partial charge in [0, 0.05) is 12.1 Å². The smallest absolute Gasteiger partial charge is 0.157 e. The van der Waals surface area contributed by atoms with Crippen LogP contribution in [0.25, 0.3) is 0 Å². The van der Waals surface area contributed by atoms with Crippen LogP contribution in [0.15, 0.2) is 23.9 Å². The largest absolute Gasteiger partial charge is 0.390 e. The Balaban J connectivity index is 1.34. The van der Waals surface area contributed by atoms with Crippen molar-refractivity contribution >= 4 is 5.78 Å². The van der Waals surface area contributed by atoms with E-state index in [2.05, 4.69) is 18.1 Å². The monoisotopic (exact) mass is 396 g/mol. The molecule has 4 aliphatic carbocycles. The molecule has 1 N–H and O–H groups in total. The Bertz CT molecular complexity index is 838. The maximum Gasteiger partial charge on any atom is 0.157 e. The van der Waals surface area contributed by atoms with E-state index in [1.807, 2.05) is 30.8 Å². The molecule has 0 aliphatic heterocycles. The van der Waals surface area contributed by atoms with Crippen molar-refractivity contribution in [1.29, 1.82) is 0 Å². The zero-order chi connectivity index (χ0) is 20.4. The quantitative estimate of drug-likeness (QED) is 0.754. The van der Waals surface area contributed by atoms with Crippen molar-refractivity contribution in [3.05, 3.63) is 29.6 Å². The topological polar surface area (TPSA) is 55.1 Å². The molecule has 5 rings (SSSR count). The zero-order valence-electron chi connectivity index (χ0n) is 18.2. The van der Waals surface area contributed by atoms with Gasteiger partial charge in [0.1, 0.15) is 0 Å². The summed E-state index contributed by atoms with van der Waals surface area (Å²) < 4.78 is 1.82. The number of Topliss-reactive ketones (excluding diaryl/α,β-unsaturated/α-hetero) is 1. The summed E-state index contributed by atoms with van der Waals surface area (Å²) in [5, 5.41) is 15.0. The van der Waals surface area contributed by atoms with Gasteiger partial charge in [-0.05, 0) is 100 Å². The number of aliphatic hydroxyl groups is 1. The molecule has 1 heterocycles. The van der Waals surface area contributed by atoms with Gasteiger partial charge < -0.3 is 5.11 Å². The van der Waals surface area contributed by atoms with Gasteiger partial charge in [-0.25, -0.2) is 0 Å². The third-order valence-electron chi connectivity index (χ3n) is 9.20. The fourth-order valence-corrected chi connectivity index (χ4v) is 7.82. The summed E-state index contributed by atoms with van der Waals surface area (Å²) in [7, 11) is 0. The van der Waals surface area contributed by atoms with Gasteiger partial charge in [-0.3, -0.25) is 9.48 Å². The van der Waals surface area contributed by atoms with Crippen LogP contribution in [0.5, 0.6) is 0 Å². The highest BCUT2D eigenvalue weighted by Crippen LogP contribution is 2.63. The Morgan fingerprint density at radius 3 is 2.79 bits per heavy atom. The molecule has 0 unspecified atom stereocenters. The number of rotatable bonds is 3. The van der Waals surface area contributed by atoms with Crippen molar-refractivity contribution in [3.63, 3.8) is 0 Å². The number of hydrogen-bond donors (Lipinski definition) is 1. The number of ketones is 1. The Kier molecular flexibility index (Phi) is 4.58. The second kappa shape index (κ2) is 6.80. The molecule has 1 aromatic heterocycles. The fraction of sp³-hybridized carbons (Fsp3) is 0.760. The van der Waals surface area contributed by atoms with Crippen LogP contribution in [0.3, 0.4) is 0 Å². The predicted molar refractivity (Wildman–Crippen MR) is 113 cm³/mol. The van der Waals surface area contributed by atoms with Crippen LogP contribution < -0.4 is 0 Å². The lowest BCUT2D eigenvalue weighted by Gasteiger charge is -2.54. The normalized spacial score (nSPS) is 43.9. The Morgan fingerprint density at radius 2 is 2.03 bits per heavy atom. The highest BCUT2D eigenvalue weighted by atomic mass is 16.3. The van der Waals surface area contributed by atoms with Gasteiger partial charge in [0.2, 0.25) is 0 Å². The number of hydrogen-bond acceptors (Lipinski definition) is 3. The number of allylic oxidation sites excluding steroid dienone is 1. The van der Waals surface area contributed by atoms with Crippen molar-refractivity contribution in [2.75, 3.05) is 0 Å². The van der Waals surface area contributed by atoms with E-state index in [0.717, 1.165) is 49.6 Å². The van der Waals surface area contributed by atoms with Crippen LogP contribution in [-0.2, 0) is 11.3 Å². The van der Waals surface area contributed by atoms with E-state index >= 15 is 0 Å².